The Kier molecular flexibility index (Phi) is 4.15. The summed E-state index contributed by atoms with van der Waals surface area (Å²) in [4.78, 5) is 11.0. The number of thiophene rings is 1. The number of rotatable bonds is 3. The summed E-state index contributed by atoms with van der Waals surface area (Å²) < 4.78 is 0. The molecule has 0 radical (unpaired) electrons. The molecule has 2 aromatic rings. The Morgan fingerprint density at radius 1 is 1.37 bits per heavy atom. The first-order chi connectivity index (χ1) is 9.26. The first-order valence-corrected chi connectivity index (χ1v) is 8.91. The van der Waals surface area contributed by atoms with E-state index in [0.29, 0.717) is 11.3 Å². The smallest absolute Gasteiger partial charge is 0.225 e. The van der Waals surface area contributed by atoms with Gasteiger partial charge in [-0.05, 0) is 48.4 Å². The lowest BCUT2D eigenvalue weighted by Gasteiger charge is -2.23. The summed E-state index contributed by atoms with van der Waals surface area (Å²) in [7, 11) is 0. The maximum atomic E-state index is 6.03. The largest absolute Gasteiger partial charge is 0.367 e. The summed E-state index contributed by atoms with van der Waals surface area (Å²) in [5.41, 5.74) is 0. The van der Waals surface area contributed by atoms with Crippen LogP contribution >= 0.6 is 34.7 Å². The molecule has 0 aliphatic carbocycles. The third kappa shape index (κ3) is 2.98. The molecule has 0 saturated carbocycles. The molecule has 1 N–H and O–H groups in total. The SMILES string of the molecule is CCc1cc2c(NC3CCSCC3)nc(Cl)nc2s1. The van der Waals surface area contributed by atoms with Crippen molar-refractivity contribution in [1.29, 1.82) is 0 Å². The van der Waals surface area contributed by atoms with Gasteiger partial charge in [-0.1, -0.05) is 6.92 Å². The Bertz CT molecular complexity index is 579. The van der Waals surface area contributed by atoms with Crippen LogP contribution in [0.1, 0.15) is 24.6 Å². The Morgan fingerprint density at radius 3 is 2.89 bits per heavy atom. The second-order valence-electron chi connectivity index (χ2n) is 4.66. The fourth-order valence-electron chi connectivity index (χ4n) is 2.26. The minimum atomic E-state index is 0.338. The molecule has 0 aromatic carbocycles. The molecule has 3 rings (SSSR count). The minimum Gasteiger partial charge on any atom is -0.367 e. The zero-order valence-electron chi connectivity index (χ0n) is 10.8. The van der Waals surface area contributed by atoms with E-state index >= 15 is 0 Å². The lowest BCUT2D eigenvalue weighted by molar-refractivity contribution is 0.664. The normalized spacial score (nSPS) is 16.9. The molecule has 1 aliphatic heterocycles. The van der Waals surface area contributed by atoms with Crippen LogP contribution in [0, 0.1) is 0 Å². The van der Waals surface area contributed by atoms with Crippen molar-refractivity contribution in [2.24, 2.45) is 0 Å². The van der Waals surface area contributed by atoms with E-state index in [0.717, 1.165) is 22.5 Å². The number of anilines is 1. The highest BCUT2D eigenvalue weighted by atomic mass is 35.5. The van der Waals surface area contributed by atoms with E-state index in [1.54, 1.807) is 11.3 Å². The average Bonchev–Trinajstić information content (AvgIpc) is 2.83. The first kappa shape index (κ1) is 13.5. The van der Waals surface area contributed by atoms with Gasteiger partial charge in [-0.15, -0.1) is 11.3 Å². The number of aryl methyl sites for hydroxylation is 1. The van der Waals surface area contributed by atoms with Crippen LogP contribution in [0.4, 0.5) is 5.82 Å². The monoisotopic (exact) mass is 313 g/mol. The van der Waals surface area contributed by atoms with E-state index in [4.69, 9.17) is 11.6 Å². The summed E-state index contributed by atoms with van der Waals surface area (Å²) in [5, 5.41) is 5.01. The molecule has 0 atom stereocenters. The summed E-state index contributed by atoms with van der Waals surface area (Å²) >= 11 is 9.77. The second-order valence-corrected chi connectivity index (χ2v) is 7.34. The van der Waals surface area contributed by atoms with Crippen LogP contribution in [0.3, 0.4) is 0 Å². The Labute approximate surface area is 126 Å². The van der Waals surface area contributed by atoms with Crippen molar-refractivity contribution in [3.63, 3.8) is 0 Å². The fraction of sp³-hybridized carbons (Fsp3) is 0.538. The quantitative estimate of drug-likeness (QED) is 0.861. The highest BCUT2D eigenvalue weighted by Crippen LogP contribution is 2.31. The lowest BCUT2D eigenvalue weighted by atomic mass is 10.1. The second kappa shape index (κ2) is 5.85. The van der Waals surface area contributed by atoms with Gasteiger partial charge in [-0.2, -0.15) is 11.8 Å². The van der Waals surface area contributed by atoms with Gasteiger partial charge in [-0.25, -0.2) is 9.97 Å². The van der Waals surface area contributed by atoms with Gasteiger partial charge in [0.05, 0.1) is 5.39 Å². The van der Waals surface area contributed by atoms with Gasteiger partial charge in [-0.3, -0.25) is 0 Å². The molecule has 3 nitrogen and oxygen atoms in total. The van der Waals surface area contributed by atoms with Crippen molar-refractivity contribution in [2.75, 3.05) is 16.8 Å². The van der Waals surface area contributed by atoms with Crippen LogP contribution in [0.5, 0.6) is 0 Å². The van der Waals surface area contributed by atoms with E-state index < -0.39 is 0 Å². The van der Waals surface area contributed by atoms with Crippen LogP contribution < -0.4 is 5.32 Å². The number of hydrogen-bond acceptors (Lipinski definition) is 5. The van der Waals surface area contributed by atoms with Gasteiger partial charge >= 0.3 is 0 Å². The molecule has 0 amide bonds. The van der Waals surface area contributed by atoms with Gasteiger partial charge in [0, 0.05) is 10.9 Å². The molecule has 2 aromatic heterocycles. The number of nitrogens with zero attached hydrogens (tertiary/aromatic N) is 2. The van der Waals surface area contributed by atoms with Crippen molar-refractivity contribution >= 4 is 50.7 Å². The highest BCUT2D eigenvalue weighted by Gasteiger charge is 2.17. The van der Waals surface area contributed by atoms with Crippen LogP contribution in [-0.2, 0) is 6.42 Å². The molecule has 19 heavy (non-hydrogen) atoms. The number of aromatic nitrogens is 2. The van der Waals surface area contributed by atoms with Crippen LogP contribution in [0.25, 0.3) is 10.2 Å². The predicted molar refractivity (Wildman–Crippen MR) is 85.8 cm³/mol. The van der Waals surface area contributed by atoms with E-state index in [1.807, 2.05) is 11.8 Å². The summed E-state index contributed by atoms with van der Waals surface area (Å²) in [5.74, 6) is 3.36. The Balaban J connectivity index is 1.94. The van der Waals surface area contributed by atoms with Crippen molar-refractivity contribution in [3.05, 3.63) is 16.2 Å². The van der Waals surface area contributed by atoms with E-state index in [-0.39, 0.29) is 0 Å². The summed E-state index contributed by atoms with van der Waals surface area (Å²) in [6.45, 7) is 2.16. The molecule has 6 heteroatoms. The third-order valence-electron chi connectivity index (χ3n) is 3.33. The third-order valence-corrected chi connectivity index (χ3v) is 5.72. The van der Waals surface area contributed by atoms with Crippen LogP contribution in [0.15, 0.2) is 6.07 Å². The minimum absolute atomic E-state index is 0.338. The molecule has 1 aliphatic rings. The average molecular weight is 314 g/mol. The molecule has 1 fully saturated rings. The molecule has 102 valence electrons. The number of nitrogens with one attached hydrogen (secondary N) is 1. The van der Waals surface area contributed by atoms with Crippen molar-refractivity contribution in [2.45, 2.75) is 32.2 Å². The maximum absolute atomic E-state index is 6.03. The Hall–Kier alpha value is -0.520. The van der Waals surface area contributed by atoms with E-state index in [9.17, 15) is 0 Å². The van der Waals surface area contributed by atoms with Gasteiger partial charge in [0.25, 0.3) is 0 Å². The number of hydrogen-bond donors (Lipinski definition) is 1. The molecule has 0 spiro atoms. The summed E-state index contributed by atoms with van der Waals surface area (Å²) in [6, 6.07) is 2.70. The maximum Gasteiger partial charge on any atom is 0.225 e. The van der Waals surface area contributed by atoms with Gasteiger partial charge < -0.3 is 5.32 Å². The van der Waals surface area contributed by atoms with Gasteiger partial charge in [0.15, 0.2) is 0 Å². The standard InChI is InChI=1S/C13H16ClN3S2/c1-2-9-7-10-11(15-8-3-5-18-6-4-8)16-13(14)17-12(10)19-9/h7-8H,2-6H2,1H3,(H,15,16,17). The lowest BCUT2D eigenvalue weighted by Crippen LogP contribution is -2.25. The van der Waals surface area contributed by atoms with Gasteiger partial charge in [0.2, 0.25) is 5.28 Å². The highest BCUT2D eigenvalue weighted by molar-refractivity contribution is 7.99. The topological polar surface area (TPSA) is 37.8 Å². The number of halogens is 1. The van der Waals surface area contributed by atoms with Crippen LogP contribution in [0.2, 0.25) is 5.28 Å². The van der Waals surface area contributed by atoms with Gasteiger partial charge in [0.1, 0.15) is 10.6 Å². The molecule has 3 heterocycles. The molecule has 0 bridgehead atoms. The van der Waals surface area contributed by atoms with E-state index in [1.165, 1.54) is 29.2 Å². The molecular weight excluding hydrogens is 298 g/mol. The number of fused-ring (bicyclic) bond motifs is 1. The number of thioether (sulfide) groups is 1. The molecule has 0 unspecified atom stereocenters. The predicted octanol–water partition coefficient (Wildman–Crippen LogP) is 4.21. The Morgan fingerprint density at radius 2 is 2.16 bits per heavy atom. The fourth-order valence-corrected chi connectivity index (χ4v) is 4.56. The molecular formula is C13H16ClN3S2. The van der Waals surface area contributed by atoms with Crippen molar-refractivity contribution < 1.29 is 0 Å². The molecule has 1 saturated heterocycles. The zero-order valence-corrected chi connectivity index (χ0v) is 13.2. The van der Waals surface area contributed by atoms with Crippen molar-refractivity contribution in [3.8, 4) is 0 Å². The van der Waals surface area contributed by atoms with E-state index in [2.05, 4.69) is 28.3 Å². The summed E-state index contributed by atoms with van der Waals surface area (Å²) in [6.07, 6.45) is 3.41. The zero-order chi connectivity index (χ0) is 13.2. The van der Waals surface area contributed by atoms with Crippen LogP contribution in [-0.4, -0.2) is 27.5 Å². The first-order valence-electron chi connectivity index (χ1n) is 6.56. The van der Waals surface area contributed by atoms with Crippen molar-refractivity contribution in [1.82, 2.24) is 9.97 Å².